The van der Waals surface area contributed by atoms with E-state index in [1.165, 1.54) is 12.1 Å². The largest absolute Gasteiger partial charge is 0.504 e. The van der Waals surface area contributed by atoms with Crippen LogP contribution in [0.15, 0.2) is 26.6 Å². The van der Waals surface area contributed by atoms with Crippen LogP contribution in [0.5, 0.6) is 5.75 Å². The number of hydroxylamine groups is 1. The van der Waals surface area contributed by atoms with Crippen molar-refractivity contribution in [1.29, 1.82) is 0 Å². The molecular weight excluding hydrogens is 450 g/mol. The van der Waals surface area contributed by atoms with Gasteiger partial charge < -0.3 is 20.5 Å². The molecule has 1 fully saturated rings. The molecule has 3 N–H and O–H groups in total. The summed E-state index contributed by atoms with van der Waals surface area (Å²) in [4.78, 5) is 28.5. The first kappa shape index (κ1) is 23.5. The van der Waals surface area contributed by atoms with E-state index in [4.69, 9.17) is 21.2 Å². The second-order valence-electron chi connectivity index (χ2n) is 7.11. The Kier molecular flexibility index (Phi) is 6.92. The van der Waals surface area contributed by atoms with Crippen molar-refractivity contribution in [3.8, 4) is 5.75 Å². The van der Waals surface area contributed by atoms with Gasteiger partial charge in [0, 0.05) is 13.7 Å². The number of rotatable bonds is 9. The van der Waals surface area contributed by atoms with E-state index in [-0.39, 0.29) is 34.2 Å². The normalized spacial score (nSPS) is 17.9. The molecule has 31 heavy (non-hydrogen) atoms. The van der Waals surface area contributed by atoms with Gasteiger partial charge in [-0.1, -0.05) is 23.0 Å². The summed E-state index contributed by atoms with van der Waals surface area (Å²) in [5.41, 5.74) is -1.58. The van der Waals surface area contributed by atoms with Crippen LogP contribution in [0.2, 0.25) is 5.02 Å². The molecule has 1 saturated heterocycles. The highest BCUT2D eigenvalue weighted by Gasteiger charge is 2.32. The molecular formula is C19H24ClN3O7S. The Bertz CT molecular complexity index is 1140. The van der Waals surface area contributed by atoms with Gasteiger partial charge in [0.15, 0.2) is 5.75 Å². The minimum atomic E-state index is -4.28. The lowest BCUT2D eigenvalue weighted by Crippen LogP contribution is -2.42. The Morgan fingerprint density at radius 1 is 1.32 bits per heavy atom. The fourth-order valence-electron chi connectivity index (χ4n) is 3.47. The van der Waals surface area contributed by atoms with E-state index in [0.717, 1.165) is 27.0 Å². The van der Waals surface area contributed by atoms with Gasteiger partial charge in [-0.25, -0.2) is 8.42 Å². The molecule has 0 aromatic heterocycles. The number of phenolic OH excluding ortho intramolecular Hbond substituents is 1. The molecule has 3 rings (SSSR count). The highest BCUT2D eigenvalue weighted by Crippen LogP contribution is 2.40. The van der Waals surface area contributed by atoms with Crippen molar-refractivity contribution in [3.05, 3.63) is 37.6 Å². The van der Waals surface area contributed by atoms with Gasteiger partial charge in [-0.05, 0) is 31.4 Å². The Morgan fingerprint density at radius 3 is 2.58 bits per heavy atom. The summed E-state index contributed by atoms with van der Waals surface area (Å²) < 4.78 is 31.4. The maximum Gasteiger partial charge on any atom is 0.269 e. The summed E-state index contributed by atoms with van der Waals surface area (Å²) in [6, 6.07) is 2.39. The predicted molar refractivity (Wildman–Crippen MR) is 116 cm³/mol. The molecule has 10 nitrogen and oxygen atoms in total. The van der Waals surface area contributed by atoms with Gasteiger partial charge >= 0.3 is 0 Å². The number of nitrogens with one attached hydrogen (secondary N) is 2. The lowest BCUT2D eigenvalue weighted by atomic mass is 10.0. The molecule has 170 valence electrons. The van der Waals surface area contributed by atoms with Crippen molar-refractivity contribution < 1.29 is 23.1 Å². The molecule has 0 bridgehead atoms. The number of aromatic hydroxyl groups is 1. The van der Waals surface area contributed by atoms with E-state index >= 15 is 0 Å². The Morgan fingerprint density at radius 2 is 2.00 bits per heavy atom. The second kappa shape index (κ2) is 9.13. The maximum atomic E-state index is 12.6. The van der Waals surface area contributed by atoms with E-state index in [1.807, 2.05) is 6.92 Å². The summed E-state index contributed by atoms with van der Waals surface area (Å²) >= 11 is 6.00. The highest BCUT2D eigenvalue weighted by atomic mass is 35.5. The van der Waals surface area contributed by atoms with E-state index < -0.39 is 31.5 Å². The summed E-state index contributed by atoms with van der Waals surface area (Å²) in [6.45, 7) is 2.58. The van der Waals surface area contributed by atoms with Crippen molar-refractivity contribution in [2.45, 2.75) is 43.2 Å². The van der Waals surface area contributed by atoms with Crippen LogP contribution in [0, 0.1) is 0 Å². The van der Waals surface area contributed by atoms with Crippen LogP contribution < -0.4 is 21.5 Å². The molecule has 0 saturated carbocycles. The zero-order chi connectivity index (χ0) is 22.9. The SMILES string of the molecule is CC[C@@H](Nc1c(Nc2ccc(Cl)c(S(=O)(=O)N(C)OC)c2O)c(=O)c1=O)[C@H]1CCCO1. The quantitative estimate of drug-likeness (QED) is 0.283. The van der Waals surface area contributed by atoms with Gasteiger partial charge in [-0.3, -0.25) is 14.4 Å². The van der Waals surface area contributed by atoms with Gasteiger partial charge in [0.25, 0.3) is 20.9 Å². The standard InChI is InChI=1S/C19H24ClN3O7S/c1-4-11(13-6-5-9-30-13)21-14-15(18(26)17(14)25)22-12-8-7-10(20)19(16(12)24)31(27,28)23(2)29-3/h7-8,11,13,21-22,24H,4-6,9H2,1-3H3/t11-,13-/m1/s1. The lowest BCUT2D eigenvalue weighted by molar-refractivity contribution is -0.0259. The van der Waals surface area contributed by atoms with Crippen molar-refractivity contribution in [1.82, 2.24) is 4.47 Å². The average molecular weight is 474 g/mol. The third-order valence-electron chi connectivity index (χ3n) is 5.29. The topological polar surface area (TPSA) is 134 Å². The molecule has 0 aliphatic carbocycles. The number of benzene rings is 1. The smallest absolute Gasteiger partial charge is 0.269 e. The fourth-order valence-corrected chi connectivity index (χ4v) is 5.03. The van der Waals surface area contributed by atoms with Gasteiger partial charge in [0.05, 0.1) is 30.0 Å². The first-order valence-electron chi connectivity index (χ1n) is 9.66. The summed E-state index contributed by atoms with van der Waals surface area (Å²) in [5.74, 6) is -0.707. The van der Waals surface area contributed by atoms with Gasteiger partial charge in [-0.15, -0.1) is 0 Å². The third kappa shape index (κ3) is 4.28. The number of anilines is 3. The zero-order valence-corrected chi connectivity index (χ0v) is 18.8. The van der Waals surface area contributed by atoms with Crippen LogP contribution in [0.1, 0.15) is 26.2 Å². The van der Waals surface area contributed by atoms with Crippen LogP contribution in [-0.4, -0.2) is 50.9 Å². The van der Waals surface area contributed by atoms with Crippen molar-refractivity contribution in [2.75, 3.05) is 31.4 Å². The predicted octanol–water partition coefficient (Wildman–Crippen LogP) is 1.94. The number of halogens is 1. The van der Waals surface area contributed by atoms with Crippen LogP contribution in [0.25, 0.3) is 0 Å². The highest BCUT2D eigenvalue weighted by molar-refractivity contribution is 7.89. The molecule has 1 heterocycles. The molecule has 0 radical (unpaired) electrons. The number of sulfonamides is 1. The van der Waals surface area contributed by atoms with Crippen LogP contribution in [0.4, 0.5) is 17.1 Å². The number of hydrogen-bond acceptors (Lipinski definition) is 9. The molecule has 1 aliphatic heterocycles. The maximum absolute atomic E-state index is 12.6. The average Bonchev–Trinajstić information content (AvgIpc) is 3.28. The third-order valence-corrected chi connectivity index (χ3v) is 7.47. The summed E-state index contributed by atoms with van der Waals surface area (Å²) in [5, 5.41) is 16.1. The molecule has 2 atom stereocenters. The minimum Gasteiger partial charge on any atom is -0.504 e. The molecule has 0 amide bonds. The van der Waals surface area contributed by atoms with Crippen LogP contribution in [0.3, 0.4) is 0 Å². The van der Waals surface area contributed by atoms with E-state index in [1.54, 1.807) is 0 Å². The van der Waals surface area contributed by atoms with Crippen molar-refractivity contribution in [3.63, 3.8) is 0 Å². The first-order chi connectivity index (χ1) is 14.6. The molecule has 2 aromatic rings. The number of hydrogen-bond donors (Lipinski definition) is 3. The fraction of sp³-hybridized carbons (Fsp3) is 0.474. The zero-order valence-electron chi connectivity index (χ0n) is 17.3. The number of ether oxygens (including phenoxy) is 1. The molecule has 1 aliphatic rings. The first-order valence-corrected chi connectivity index (χ1v) is 11.5. The minimum absolute atomic E-state index is 0.0671. The van der Waals surface area contributed by atoms with Crippen LogP contribution in [-0.2, 0) is 19.6 Å². The van der Waals surface area contributed by atoms with Crippen LogP contribution >= 0.6 is 11.6 Å². The number of phenols is 1. The summed E-state index contributed by atoms with van der Waals surface area (Å²) in [7, 11) is -2.00. The van der Waals surface area contributed by atoms with Gasteiger partial charge in [-0.2, -0.15) is 0 Å². The monoisotopic (exact) mass is 473 g/mol. The number of nitrogens with zero attached hydrogens (tertiary/aromatic N) is 1. The van der Waals surface area contributed by atoms with Crippen molar-refractivity contribution >= 4 is 38.7 Å². The molecule has 2 aromatic carbocycles. The lowest BCUT2D eigenvalue weighted by Gasteiger charge is -2.26. The molecule has 0 spiro atoms. The van der Waals surface area contributed by atoms with Gasteiger partial charge in [0.2, 0.25) is 0 Å². The van der Waals surface area contributed by atoms with E-state index in [9.17, 15) is 23.1 Å². The Hall–Kier alpha value is -2.18. The van der Waals surface area contributed by atoms with E-state index in [2.05, 4.69) is 10.6 Å². The second-order valence-corrected chi connectivity index (χ2v) is 9.39. The molecule has 12 heteroatoms. The van der Waals surface area contributed by atoms with Gasteiger partial charge in [0.1, 0.15) is 16.3 Å². The molecule has 0 unspecified atom stereocenters. The Labute approximate surface area is 184 Å². The van der Waals surface area contributed by atoms with Crippen molar-refractivity contribution in [2.24, 2.45) is 0 Å². The summed E-state index contributed by atoms with van der Waals surface area (Å²) in [6.07, 6.45) is 2.36. The Balaban J connectivity index is 1.94. The van der Waals surface area contributed by atoms with E-state index in [0.29, 0.717) is 17.5 Å².